The molecular weight excluding hydrogens is 432 g/mol. The number of carbonyl (C=O) groups is 1. The molecule has 1 aromatic carbocycles. The maximum Gasteiger partial charge on any atom is 0.247 e. The summed E-state index contributed by atoms with van der Waals surface area (Å²) in [4.78, 5) is 11.6. The molecule has 27 heavy (non-hydrogen) atoms. The summed E-state index contributed by atoms with van der Waals surface area (Å²) in [6.45, 7) is 5.29. The highest BCUT2D eigenvalue weighted by atomic mass is 79.9. The van der Waals surface area contributed by atoms with Gasteiger partial charge in [0.1, 0.15) is 29.0 Å². The Kier molecular flexibility index (Phi) is 5.49. The topological polar surface area (TPSA) is 79.4 Å². The number of halogens is 2. The largest absolute Gasteiger partial charge is 0.484 e. The summed E-state index contributed by atoms with van der Waals surface area (Å²) >= 11 is 9.56. The molecule has 1 amide bonds. The first-order valence-corrected chi connectivity index (χ1v) is 9.06. The maximum atomic E-state index is 11.6. The van der Waals surface area contributed by atoms with Crippen LogP contribution in [0, 0.1) is 11.3 Å². The van der Waals surface area contributed by atoms with E-state index in [0.29, 0.717) is 27.5 Å². The van der Waals surface area contributed by atoms with Crippen LogP contribution in [-0.2, 0) is 4.79 Å². The average molecular weight is 446 g/mol. The summed E-state index contributed by atoms with van der Waals surface area (Å²) in [7, 11) is 0. The van der Waals surface area contributed by atoms with Crippen LogP contribution in [0.15, 0.2) is 53.8 Å². The van der Waals surface area contributed by atoms with Crippen LogP contribution in [0.3, 0.4) is 0 Å². The Balaban J connectivity index is 1.95. The molecule has 8 heteroatoms. The van der Waals surface area contributed by atoms with Crippen LogP contribution in [0.25, 0.3) is 5.52 Å². The fraction of sp³-hybridized carbons (Fsp3) is 0.105. The molecule has 3 aromatic rings. The van der Waals surface area contributed by atoms with Crippen molar-refractivity contribution in [1.82, 2.24) is 9.61 Å². The van der Waals surface area contributed by atoms with Crippen LogP contribution in [0.4, 0.5) is 5.69 Å². The summed E-state index contributed by atoms with van der Waals surface area (Å²) in [6.07, 6.45) is 4.04. The van der Waals surface area contributed by atoms with Gasteiger partial charge in [-0.05, 0) is 52.7 Å². The Morgan fingerprint density at radius 2 is 2.30 bits per heavy atom. The Labute approximate surface area is 169 Å². The van der Waals surface area contributed by atoms with Gasteiger partial charge in [-0.15, -0.1) is 0 Å². The molecular formula is C19H14BrClN4O2. The number of benzene rings is 1. The van der Waals surface area contributed by atoms with Crippen molar-refractivity contribution >= 4 is 44.6 Å². The van der Waals surface area contributed by atoms with Crippen molar-refractivity contribution in [2.75, 3.05) is 5.32 Å². The second-order valence-electron chi connectivity index (χ2n) is 5.68. The van der Waals surface area contributed by atoms with Gasteiger partial charge >= 0.3 is 0 Å². The molecule has 6 nitrogen and oxygen atoms in total. The van der Waals surface area contributed by atoms with Crippen molar-refractivity contribution in [3.8, 4) is 11.8 Å². The predicted octanol–water partition coefficient (Wildman–Crippen LogP) is 4.89. The van der Waals surface area contributed by atoms with Crippen molar-refractivity contribution in [3.05, 3.63) is 69.9 Å². The van der Waals surface area contributed by atoms with Crippen LogP contribution >= 0.6 is 27.5 Å². The molecule has 2 heterocycles. The van der Waals surface area contributed by atoms with Gasteiger partial charge in [0.25, 0.3) is 0 Å². The lowest BCUT2D eigenvalue weighted by Gasteiger charge is -2.18. The molecule has 1 atom stereocenters. The van der Waals surface area contributed by atoms with Gasteiger partial charge in [0.2, 0.25) is 5.91 Å². The molecule has 0 radical (unpaired) electrons. The molecule has 3 rings (SSSR count). The van der Waals surface area contributed by atoms with Crippen molar-refractivity contribution < 1.29 is 9.53 Å². The molecule has 0 fully saturated rings. The number of nitriles is 1. The lowest BCUT2D eigenvalue weighted by atomic mass is 10.1. The van der Waals surface area contributed by atoms with Crippen molar-refractivity contribution in [2.45, 2.75) is 13.0 Å². The van der Waals surface area contributed by atoms with Crippen LogP contribution in [0.2, 0.25) is 5.02 Å². The lowest BCUT2D eigenvalue weighted by molar-refractivity contribution is -0.111. The normalized spacial score (nSPS) is 11.6. The summed E-state index contributed by atoms with van der Waals surface area (Å²) < 4.78 is 8.45. The van der Waals surface area contributed by atoms with E-state index in [-0.39, 0.29) is 12.0 Å². The molecule has 0 bridgehead atoms. The zero-order valence-corrected chi connectivity index (χ0v) is 16.6. The third kappa shape index (κ3) is 3.97. The summed E-state index contributed by atoms with van der Waals surface area (Å²) in [5.74, 6) is 0.159. The molecule has 0 saturated heterocycles. The van der Waals surface area contributed by atoms with Gasteiger partial charge in [-0.3, -0.25) is 4.79 Å². The molecule has 0 aliphatic rings. The van der Waals surface area contributed by atoms with Gasteiger partial charge in [0, 0.05) is 10.7 Å². The molecule has 0 unspecified atom stereocenters. The number of fused-ring (bicyclic) bond motifs is 1. The molecule has 0 spiro atoms. The molecule has 2 aromatic heterocycles. The molecule has 0 aliphatic heterocycles. The van der Waals surface area contributed by atoms with E-state index in [1.807, 2.05) is 13.0 Å². The van der Waals surface area contributed by atoms with Gasteiger partial charge in [-0.1, -0.05) is 24.2 Å². The Morgan fingerprint density at radius 1 is 1.52 bits per heavy atom. The van der Waals surface area contributed by atoms with E-state index in [2.05, 4.69) is 39.0 Å². The first-order valence-electron chi connectivity index (χ1n) is 7.89. The van der Waals surface area contributed by atoms with E-state index in [9.17, 15) is 10.1 Å². The smallest absolute Gasteiger partial charge is 0.247 e. The number of anilines is 1. The minimum atomic E-state index is -0.374. The highest BCUT2D eigenvalue weighted by Crippen LogP contribution is 2.33. The monoisotopic (exact) mass is 444 g/mol. The number of ether oxygens (including phenoxy) is 1. The van der Waals surface area contributed by atoms with Gasteiger partial charge in [0.05, 0.1) is 16.9 Å². The number of carbonyl (C=O) groups excluding carboxylic acids is 1. The third-order valence-electron chi connectivity index (χ3n) is 3.87. The number of nitrogens with one attached hydrogen (secondary N) is 1. The van der Waals surface area contributed by atoms with Gasteiger partial charge in [-0.2, -0.15) is 10.4 Å². The number of rotatable bonds is 5. The first-order chi connectivity index (χ1) is 12.9. The highest BCUT2D eigenvalue weighted by molar-refractivity contribution is 9.10. The van der Waals surface area contributed by atoms with Crippen molar-refractivity contribution in [2.24, 2.45) is 0 Å². The second-order valence-corrected chi connectivity index (χ2v) is 7.00. The SMILES string of the molecule is C=CC(=O)Nc1cc([C@@H](C)Oc2cc(Br)cn3ncc(C#N)c23)ccc1Cl. The van der Waals surface area contributed by atoms with E-state index < -0.39 is 0 Å². The van der Waals surface area contributed by atoms with E-state index in [1.165, 1.54) is 12.3 Å². The fourth-order valence-electron chi connectivity index (χ4n) is 2.56. The number of pyridine rings is 1. The number of amides is 1. The first kappa shape index (κ1) is 19.0. The fourth-order valence-corrected chi connectivity index (χ4v) is 3.13. The standard InChI is InChI=1S/C19H14BrClN4O2/c1-3-18(26)24-16-6-12(4-5-15(16)21)11(2)27-17-7-14(20)10-25-19(17)13(8-22)9-23-25/h3-7,9-11H,1H2,2H3,(H,24,26)/t11-/m1/s1. The molecule has 1 N–H and O–H groups in total. The number of hydrogen-bond acceptors (Lipinski definition) is 4. The molecule has 0 saturated carbocycles. The predicted molar refractivity (Wildman–Crippen MR) is 107 cm³/mol. The number of nitrogens with zero attached hydrogens (tertiary/aromatic N) is 3. The lowest BCUT2D eigenvalue weighted by Crippen LogP contribution is -2.10. The van der Waals surface area contributed by atoms with Crippen LogP contribution in [0.1, 0.15) is 24.2 Å². The van der Waals surface area contributed by atoms with Crippen LogP contribution < -0.4 is 10.1 Å². The summed E-state index contributed by atoms with van der Waals surface area (Å²) in [6, 6.07) is 9.14. The van der Waals surface area contributed by atoms with Crippen LogP contribution in [-0.4, -0.2) is 15.5 Å². The van der Waals surface area contributed by atoms with E-state index in [1.54, 1.807) is 28.9 Å². The Morgan fingerprint density at radius 3 is 3.00 bits per heavy atom. The zero-order chi connectivity index (χ0) is 19.6. The van der Waals surface area contributed by atoms with E-state index in [0.717, 1.165) is 10.0 Å². The summed E-state index contributed by atoms with van der Waals surface area (Å²) in [5, 5.41) is 16.6. The number of aromatic nitrogens is 2. The zero-order valence-electron chi connectivity index (χ0n) is 14.2. The van der Waals surface area contributed by atoms with Gasteiger partial charge < -0.3 is 10.1 Å². The molecule has 136 valence electrons. The average Bonchev–Trinajstić information content (AvgIpc) is 3.06. The van der Waals surface area contributed by atoms with Gasteiger partial charge in [-0.25, -0.2) is 4.52 Å². The minimum Gasteiger partial charge on any atom is -0.484 e. The second kappa shape index (κ2) is 7.82. The Hall–Kier alpha value is -2.82. The van der Waals surface area contributed by atoms with E-state index >= 15 is 0 Å². The minimum absolute atomic E-state index is 0.353. The van der Waals surface area contributed by atoms with E-state index in [4.69, 9.17) is 16.3 Å². The number of hydrogen-bond donors (Lipinski definition) is 1. The Bertz CT molecular complexity index is 1090. The molecule has 0 aliphatic carbocycles. The van der Waals surface area contributed by atoms with Crippen molar-refractivity contribution in [1.29, 1.82) is 5.26 Å². The summed E-state index contributed by atoms with van der Waals surface area (Å²) in [5.41, 5.74) is 2.27. The third-order valence-corrected chi connectivity index (χ3v) is 4.63. The maximum absolute atomic E-state index is 11.6. The van der Waals surface area contributed by atoms with Crippen molar-refractivity contribution in [3.63, 3.8) is 0 Å². The quantitative estimate of drug-likeness (QED) is 0.567. The van der Waals surface area contributed by atoms with Gasteiger partial charge in [0.15, 0.2) is 0 Å². The van der Waals surface area contributed by atoms with Crippen LogP contribution in [0.5, 0.6) is 5.75 Å². The highest BCUT2D eigenvalue weighted by Gasteiger charge is 2.16.